The largest absolute Gasteiger partial charge is 0.493 e. The Hall–Kier alpha value is -0.170. The molecule has 1 aromatic rings. The van der Waals surface area contributed by atoms with Gasteiger partial charge in [-0.25, -0.2) is 0 Å². The SMILES string of the molecule is COc1cc(CCN)c2c(c1OC)SSS2. The molecule has 0 amide bonds. The van der Waals surface area contributed by atoms with Crippen LogP contribution in [-0.4, -0.2) is 20.8 Å². The molecule has 0 saturated heterocycles. The van der Waals surface area contributed by atoms with Gasteiger partial charge in [-0.15, -0.1) is 0 Å². The van der Waals surface area contributed by atoms with Crippen molar-refractivity contribution < 1.29 is 9.47 Å². The molecular weight excluding hydrogens is 262 g/mol. The van der Waals surface area contributed by atoms with Crippen molar-refractivity contribution in [1.29, 1.82) is 0 Å². The first-order valence-electron chi connectivity index (χ1n) is 4.81. The fourth-order valence-corrected chi connectivity index (χ4v) is 6.32. The Morgan fingerprint density at radius 2 is 1.94 bits per heavy atom. The quantitative estimate of drug-likeness (QED) is 0.852. The van der Waals surface area contributed by atoms with E-state index < -0.39 is 0 Å². The maximum absolute atomic E-state index is 5.62. The smallest absolute Gasteiger partial charge is 0.176 e. The van der Waals surface area contributed by atoms with Crippen LogP contribution < -0.4 is 15.2 Å². The number of benzene rings is 1. The van der Waals surface area contributed by atoms with E-state index in [0.29, 0.717) is 6.54 Å². The molecule has 1 aromatic carbocycles. The van der Waals surface area contributed by atoms with Gasteiger partial charge in [0.15, 0.2) is 11.5 Å². The van der Waals surface area contributed by atoms with Gasteiger partial charge in [0.05, 0.1) is 19.1 Å². The lowest BCUT2D eigenvalue weighted by atomic mass is 10.1. The number of rotatable bonds is 4. The van der Waals surface area contributed by atoms with E-state index in [-0.39, 0.29) is 0 Å². The first-order valence-corrected chi connectivity index (χ1v) is 8.29. The van der Waals surface area contributed by atoms with E-state index in [0.717, 1.165) is 17.9 Å². The lowest BCUT2D eigenvalue weighted by Crippen LogP contribution is -2.05. The van der Waals surface area contributed by atoms with Crippen LogP contribution >= 0.6 is 31.4 Å². The molecule has 1 heterocycles. The molecule has 2 rings (SSSR count). The van der Waals surface area contributed by atoms with E-state index in [1.807, 2.05) is 6.07 Å². The molecular formula is C10H13NO2S3. The highest BCUT2D eigenvalue weighted by Gasteiger charge is 2.25. The summed E-state index contributed by atoms with van der Waals surface area (Å²) in [5, 5.41) is 0. The minimum atomic E-state index is 0.651. The Morgan fingerprint density at radius 3 is 2.56 bits per heavy atom. The second kappa shape index (κ2) is 5.44. The summed E-state index contributed by atoms with van der Waals surface area (Å²) in [6.45, 7) is 0.651. The fraction of sp³-hybridized carbons (Fsp3) is 0.400. The highest BCUT2D eigenvalue weighted by molar-refractivity contribution is 9.10. The van der Waals surface area contributed by atoms with Gasteiger partial charge in [0.2, 0.25) is 0 Å². The summed E-state index contributed by atoms with van der Waals surface area (Å²) in [7, 11) is 8.58. The van der Waals surface area contributed by atoms with Gasteiger partial charge >= 0.3 is 0 Å². The normalized spacial score (nSPS) is 13.7. The molecule has 16 heavy (non-hydrogen) atoms. The molecule has 0 spiro atoms. The molecule has 0 bridgehead atoms. The van der Waals surface area contributed by atoms with Crippen LogP contribution in [0.5, 0.6) is 11.5 Å². The highest BCUT2D eigenvalue weighted by Crippen LogP contribution is 2.61. The summed E-state index contributed by atoms with van der Waals surface area (Å²) >= 11 is 0. The number of ether oxygens (including phenoxy) is 2. The van der Waals surface area contributed by atoms with E-state index in [2.05, 4.69) is 0 Å². The van der Waals surface area contributed by atoms with E-state index >= 15 is 0 Å². The number of hydrogen-bond donors (Lipinski definition) is 1. The molecule has 0 radical (unpaired) electrons. The molecule has 88 valence electrons. The van der Waals surface area contributed by atoms with Gasteiger partial charge in [0.25, 0.3) is 0 Å². The Morgan fingerprint density at radius 1 is 1.19 bits per heavy atom. The van der Waals surface area contributed by atoms with Crippen LogP contribution in [0.2, 0.25) is 0 Å². The van der Waals surface area contributed by atoms with Crippen LogP contribution in [0, 0.1) is 0 Å². The number of nitrogens with two attached hydrogens (primary N) is 1. The average molecular weight is 275 g/mol. The summed E-state index contributed by atoms with van der Waals surface area (Å²) in [6.07, 6.45) is 0.872. The predicted octanol–water partition coefficient (Wildman–Crippen LogP) is 2.97. The molecule has 0 aliphatic carbocycles. The summed E-state index contributed by atoms with van der Waals surface area (Å²) < 4.78 is 10.8. The minimum absolute atomic E-state index is 0.651. The van der Waals surface area contributed by atoms with Gasteiger partial charge in [0.1, 0.15) is 0 Å². The van der Waals surface area contributed by atoms with E-state index in [1.54, 1.807) is 45.6 Å². The molecule has 1 aliphatic heterocycles. The van der Waals surface area contributed by atoms with E-state index in [4.69, 9.17) is 15.2 Å². The van der Waals surface area contributed by atoms with Crippen LogP contribution in [0.15, 0.2) is 15.9 Å². The standard InChI is InChI=1S/C10H13NO2S3/c1-12-7-5-6(3-4-11)9-10(8(7)13-2)15-16-14-9/h5H,3-4,11H2,1-2H3. The van der Waals surface area contributed by atoms with Gasteiger partial charge in [-0.3, -0.25) is 0 Å². The molecule has 3 nitrogen and oxygen atoms in total. The zero-order valence-corrected chi connectivity index (χ0v) is 11.6. The van der Waals surface area contributed by atoms with Crippen LogP contribution in [0.1, 0.15) is 5.56 Å². The molecule has 6 heteroatoms. The number of hydrogen-bond acceptors (Lipinski definition) is 6. The molecule has 1 aliphatic rings. The molecule has 0 unspecified atom stereocenters. The van der Waals surface area contributed by atoms with Crippen molar-refractivity contribution in [3.05, 3.63) is 11.6 Å². The van der Waals surface area contributed by atoms with Crippen molar-refractivity contribution in [2.75, 3.05) is 20.8 Å². The van der Waals surface area contributed by atoms with Gasteiger partial charge in [0, 0.05) is 4.90 Å². The monoisotopic (exact) mass is 275 g/mol. The Bertz CT molecular complexity index is 398. The topological polar surface area (TPSA) is 44.5 Å². The third-order valence-corrected chi connectivity index (χ3v) is 6.39. The van der Waals surface area contributed by atoms with Crippen molar-refractivity contribution in [3.63, 3.8) is 0 Å². The third-order valence-electron chi connectivity index (χ3n) is 2.31. The predicted molar refractivity (Wildman–Crippen MR) is 71.6 cm³/mol. The Labute approximate surface area is 107 Å². The van der Waals surface area contributed by atoms with Crippen LogP contribution in [0.4, 0.5) is 0 Å². The zero-order chi connectivity index (χ0) is 11.5. The van der Waals surface area contributed by atoms with Gasteiger partial charge in [-0.05, 0) is 56.0 Å². The summed E-state index contributed by atoms with van der Waals surface area (Å²) in [5.41, 5.74) is 6.87. The van der Waals surface area contributed by atoms with Gasteiger partial charge in [-0.2, -0.15) is 0 Å². The summed E-state index contributed by atoms with van der Waals surface area (Å²) in [5.74, 6) is 1.63. The fourth-order valence-electron chi connectivity index (χ4n) is 1.59. The maximum Gasteiger partial charge on any atom is 0.176 e. The van der Waals surface area contributed by atoms with Crippen molar-refractivity contribution in [1.82, 2.24) is 0 Å². The van der Waals surface area contributed by atoms with E-state index in [1.165, 1.54) is 15.4 Å². The molecule has 2 N–H and O–H groups in total. The molecule has 0 fully saturated rings. The summed E-state index contributed by atoms with van der Waals surface area (Å²) in [4.78, 5) is 2.44. The highest BCUT2D eigenvalue weighted by atomic mass is 33.5. The second-order valence-electron chi connectivity index (χ2n) is 3.20. The molecule has 0 aromatic heterocycles. The average Bonchev–Trinajstić information content (AvgIpc) is 2.78. The van der Waals surface area contributed by atoms with Crippen LogP contribution in [0.25, 0.3) is 0 Å². The zero-order valence-electron chi connectivity index (χ0n) is 9.11. The molecule has 0 atom stereocenters. The lowest BCUT2D eigenvalue weighted by molar-refractivity contribution is 0.345. The van der Waals surface area contributed by atoms with Gasteiger partial charge < -0.3 is 15.2 Å². The van der Waals surface area contributed by atoms with Crippen molar-refractivity contribution in [2.45, 2.75) is 16.2 Å². The van der Waals surface area contributed by atoms with Crippen molar-refractivity contribution in [3.8, 4) is 11.5 Å². The van der Waals surface area contributed by atoms with Crippen LogP contribution in [0.3, 0.4) is 0 Å². The first-order chi connectivity index (χ1) is 7.81. The molecule has 0 saturated carbocycles. The third kappa shape index (κ3) is 2.11. The van der Waals surface area contributed by atoms with Crippen LogP contribution in [-0.2, 0) is 6.42 Å². The minimum Gasteiger partial charge on any atom is -0.493 e. The number of methoxy groups -OCH3 is 2. The maximum atomic E-state index is 5.62. The van der Waals surface area contributed by atoms with E-state index in [9.17, 15) is 0 Å². The van der Waals surface area contributed by atoms with Crippen molar-refractivity contribution in [2.24, 2.45) is 5.73 Å². The number of fused-ring (bicyclic) bond motifs is 1. The lowest BCUT2D eigenvalue weighted by Gasteiger charge is -2.14. The Balaban J connectivity index is 2.53. The van der Waals surface area contributed by atoms with Gasteiger partial charge in [-0.1, -0.05) is 0 Å². The Kier molecular flexibility index (Phi) is 4.18. The first kappa shape index (κ1) is 12.3. The summed E-state index contributed by atoms with van der Waals surface area (Å²) in [6, 6.07) is 2.03. The van der Waals surface area contributed by atoms with Crippen molar-refractivity contribution >= 4 is 31.4 Å². The second-order valence-corrected chi connectivity index (χ2v) is 7.12.